The summed E-state index contributed by atoms with van der Waals surface area (Å²) in [5, 5.41) is 7.13. The monoisotopic (exact) mass is 535 g/mol. The minimum atomic E-state index is -5.01. The first-order valence-corrected chi connectivity index (χ1v) is 14.0. The molecule has 192 valence electrons. The van der Waals surface area contributed by atoms with Crippen molar-refractivity contribution in [3.8, 4) is 5.75 Å². The Bertz CT molecular complexity index is 1310. The van der Waals surface area contributed by atoms with Crippen molar-refractivity contribution in [1.29, 1.82) is 0 Å². The van der Waals surface area contributed by atoms with Crippen LogP contribution in [0.4, 0.5) is 10.1 Å². The van der Waals surface area contributed by atoms with E-state index in [1.807, 2.05) is 0 Å². The number of pyridine rings is 1. The van der Waals surface area contributed by atoms with Gasteiger partial charge >= 0.3 is 21.2 Å². The molecule has 35 heavy (non-hydrogen) atoms. The molecule has 0 unspecified atom stereocenters. The SMILES string of the molecule is O=C(O)c1cn2c3c(c(N4CCN(CCC(P(=O)(O)O)P(=O)(O)O)CC4)c(F)cc3c1=O)OCC2. The van der Waals surface area contributed by atoms with Gasteiger partial charge in [-0.2, -0.15) is 0 Å². The molecule has 0 bridgehead atoms. The largest absolute Gasteiger partial charge is 0.487 e. The number of aromatic carboxylic acids is 1. The Kier molecular flexibility index (Phi) is 6.84. The fourth-order valence-corrected chi connectivity index (χ4v) is 6.99. The Morgan fingerprint density at radius 1 is 1.09 bits per heavy atom. The van der Waals surface area contributed by atoms with Gasteiger partial charge in [-0.25, -0.2) is 9.18 Å². The Morgan fingerprint density at radius 2 is 1.71 bits per heavy atom. The van der Waals surface area contributed by atoms with Crippen LogP contribution in [0.25, 0.3) is 10.9 Å². The van der Waals surface area contributed by atoms with Gasteiger partial charge in [0.15, 0.2) is 17.0 Å². The number of ether oxygens (including phenoxy) is 1. The number of nitrogens with zero attached hydrogens (tertiary/aromatic N) is 3. The zero-order valence-corrected chi connectivity index (χ0v) is 20.1. The van der Waals surface area contributed by atoms with Crippen molar-refractivity contribution in [2.45, 2.75) is 18.4 Å². The van der Waals surface area contributed by atoms with E-state index in [2.05, 4.69) is 0 Å². The van der Waals surface area contributed by atoms with Crippen LogP contribution in [0.5, 0.6) is 5.75 Å². The van der Waals surface area contributed by atoms with Gasteiger partial charge in [0, 0.05) is 32.4 Å². The van der Waals surface area contributed by atoms with Gasteiger partial charge in [0.25, 0.3) is 0 Å². The van der Waals surface area contributed by atoms with Crippen LogP contribution >= 0.6 is 15.2 Å². The van der Waals surface area contributed by atoms with Crippen molar-refractivity contribution in [2.75, 3.05) is 44.2 Å². The maximum absolute atomic E-state index is 15.2. The molecule has 0 aliphatic carbocycles. The smallest absolute Gasteiger partial charge is 0.341 e. The predicted octanol–water partition coefficient (Wildman–Crippen LogP) is 0.425. The summed E-state index contributed by atoms with van der Waals surface area (Å²) in [4.78, 5) is 64.6. The van der Waals surface area contributed by atoms with Crippen LogP contribution in [0.1, 0.15) is 16.8 Å². The second-order valence-corrected chi connectivity index (χ2v) is 12.4. The van der Waals surface area contributed by atoms with E-state index >= 15 is 4.39 Å². The van der Waals surface area contributed by atoms with E-state index in [1.165, 1.54) is 6.20 Å². The summed E-state index contributed by atoms with van der Waals surface area (Å²) >= 11 is 0. The molecule has 1 saturated heterocycles. The number of aromatic nitrogens is 1. The number of piperazine rings is 1. The van der Waals surface area contributed by atoms with Crippen molar-refractivity contribution in [3.63, 3.8) is 0 Å². The number of carboxylic acid groups (broad SMARTS) is 1. The van der Waals surface area contributed by atoms with Gasteiger partial charge in [0.2, 0.25) is 5.43 Å². The second-order valence-electron chi connectivity index (χ2n) is 8.43. The number of halogens is 1. The van der Waals surface area contributed by atoms with E-state index in [9.17, 15) is 43.4 Å². The normalized spacial score (nSPS) is 17.1. The minimum absolute atomic E-state index is 0.0236. The highest BCUT2D eigenvalue weighted by atomic mass is 31.2. The molecule has 0 amide bonds. The van der Waals surface area contributed by atoms with Crippen molar-refractivity contribution >= 4 is 37.8 Å². The number of carbonyl (C=O) groups is 1. The maximum atomic E-state index is 15.2. The molecule has 2 aliphatic heterocycles. The lowest BCUT2D eigenvalue weighted by Crippen LogP contribution is -2.47. The van der Waals surface area contributed by atoms with Crippen LogP contribution < -0.4 is 15.1 Å². The number of anilines is 1. The van der Waals surface area contributed by atoms with Crippen LogP contribution in [-0.2, 0) is 15.7 Å². The van der Waals surface area contributed by atoms with Crippen molar-refractivity contribution < 1.29 is 47.7 Å². The molecule has 1 aromatic heterocycles. The average molecular weight is 535 g/mol. The fraction of sp³-hybridized carbons (Fsp3) is 0.474. The Morgan fingerprint density at radius 3 is 2.29 bits per heavy atom. The highest BCUT2D eigenvalue weighted by Crippen LogP contribution is 2.61. The lowest BCUT2D eigenvalue weighted by atomic mass is 10.1. The summed E-state index contributed by atoms with van der Waals surface area (Å²) in [5.74, 6) is -2.03. The van der Waals surface area contributed by atoms with Gasteiger partial charge < -0.3 is 38.9 Å². The van der Waals surface area contributed by atoms with Gasteiger partial charge in [-0.1, -0.05) is 0 Å². The summed E-state index contributed by atoms with van der Waals surface area (Å²) in [6.45, 7) is 1.62. The van der Waals surface area contributed by atoms with Crippen molar-refractivity contribution in [1.82, 2.24) is 9.47 Å². The molecule has 1 aromatic carbocycles. The van der Waals surface area contributed by atoms with Crippen LogP contribution in [-0.4, -0.2) is 84.8 Å². The average Bonchev–Trinajstić information content (AvgIpc) is 2.74. The Hall–Kier alpha value is -2.31. The molecule has 1 fully saturated rings. The molecule has 0 spiro atoms. The van der Waals surface area contributed by atoms with Gasteiger partial charge in [0.05, 0.1) is 17.4 Å². The summed E-state index contributed by atoms with van der Waals surface area (Å²) < 4.78 is 45.5. The lowest BCUT2D eigenvalue weighted by molar-refractivity contribution is 0.0694. The number of hydrogen-bond acceptors (Lipinski definition) is 7. The number of carboxylic acids is 1. The highest BCUT2D eigenvalue weighted by molar-refractivity contribution is 7.70. The second kappa shape index (κ2) is 9.29. The Labute approximate surface area is 197 Å². The van der Waals surface area contributed by atoms with E-state index in [0.717, 1.165) is 6.07 Å². The van der Waals surface area contributed by atoms with Crippen LogP contribution in [0.3, 0.4) is 0 Å². The number of hydrogen-bond donors (Lipinski definition) is 5. The van der Waals surface area contributed by atoms with Gasteiger partial charge in [-0.3, -0.25) is 18.8 Å². The van der Waals surface area contributed by atoms with Crippen molar-refractivity contribution in [2.24, 2.45) is 0 Å². The molecule has 0 radical (unpaired) electrons. The van der Waals surface area contributed by atoms with Gasteiger partial charge in [-0.05, 0) is 19.0 Å². The molecule has 2 aliphatic rings. The molecule has 3 heterocycles. The topological polar surface area (TPSA) is 190 Å². The van der Waals surface area contributed by atoms with Gasteiger partial charge in [0.1, 0.15) is 17.9 Å². The molecule has 5 N–H and O–H groups in total. The third-order valence-electron chi connectivity index (χ3n) is 6.22. The zero-order valence-electron chi connectivity index (χ0n) is 18.3. The maximum Gasteiger partial charge on any atom is 0.341 e. The molecule has 13 nitrogen and oxygen atoms in total. The minimum Gasteiger partial charge on any atom is -0.487 e. The molecule has 4 rings (SSSR count). The van der Waals surface area contributed by atoms with Crippen LogP contribution in [0.15, 0.2) is 17.1 Å². The standard InChI is InChI=1S/C19H24FN3O10P2/c20-13-9-11-15-18(33-8-7-23(15)10-12(17(11)24)19(25)26)16(13)22-5-3-21(4-6-22)2-1-14(34(27,28)29)35(30,31)32/h9-10,14H,1-8H2,(H,25,26)(H2,27,28,29)(H2,30,31,32). The Balaban J connectivity index is 1.57. The lowest BCUT2D eigenvalue weighted by Gasteiger charge is -2.38. The van der Waals surface area contributed by atoms with E-state index in [4.69, 9.17) is 4.74 Å². The highest BCUT2D eigenvalue weighted by Gasteiger charge is 2.43. The number of rotatable bonds is 7. The predicted molar refractivity (Wildman–Crippen MR) is 122 cm³/mol. The van der Waals surface area contributed by atoms with Crippen LogP contribution in [0.2, 0.25) is 0 Å². The van der Waals surface area contributed by atoms with Gasteiger partial charge in [-0.15, -0.1) is 0 Å². The molecular formula is C19H24FN3O10P2. The molecule has 16 heteroatoms. The summed E-state index contributed by atoms with van der Waals surface area (Å²) in [6.07, 6.45) is 0.808. The first-order valence-electron chi connectivity index (χ1n) is 10.6. The molecular weight excluding hydrogens is 511 g/mol. The third-order valence-corrected chi connectivity index (χ3v) is 10.1. The molecule has 0 saturated carbocycles. The van der Waals surface area contributed by atoms with Crippen LogP contribution in [0, 0.1) is 5.82 Å². The van der Waals surface area contributed by atoms with Crippen molar-refractivity contribution in [3.05, 3.63) is 33.9 Å². The first-order chi connectivity index (χ1) is 16.3. The summed E-state index contributed by atoms with van der Waals surface area (Å²) in [6, 6.07) is 1.01. The quantitative estimate of drug-likeness (QED) is 0.308. The zero-order chi connectivity index (χ0) is 25.7. The summed E-state index contributed by atoms with van der Waals surface area (Å²) in [5.41, 5.74) is -0.849. The van der Waals surface area contributed by atoms with E-state index in [0.29, 0.717) is 18.6 Å². The molecule has 0 atom stereocenters. The van der Waals surface area contributed by atoms with E-state index in [1.54, 1.807) is 14.4 Å². The number of benzene rings is 1. The summed E-state index contributed by atoms with van der Waals surface area (Å²) in [7, 11) is -10.0. The van der Waals surface area contributed by atoms with E-state index < -0.39 is 49.8 Å². The molecule has 2 aromatic rings. The first kappa shape index (κ1) is 25.8. The third kappa shape index (κ3) is 5.01. The van der Waals surface area contributed by atoms with E-state index in [-0.39, 0.29) is 49.6 Å². The fourth-order valence-electron chi connectivity index (χ4n) is 4.52.